The summed E-state index contributed by atoms with van der Waals surface area (Å²) >= 11 is 0. The molecule has 0 bridgehead atoms. The van der Waals surface area contributed by atoms with Gasteiger partial charge >= 0.3 is 11.9 Å². The first-order chi connectivity index (χ1) is 17.0. The summed E-state index contributed by atoms with van der Waals surface area (Å²) in [4.78, 5) is 35.8. The third-order valence-corrected chi connectivity index (χ3v) is 6.40. The van der Waals surface area contributed by atoms with Crippen LogP contribution < -0.4 is 15.9 Å². The zero-order valence-electron chi connectivity index (χ0n) is 20.2. The maximum Gasteiger partial charge on any atom is 0.320 e. The van der Waals surface area contributed by atoms with Gasteiger partial charge < -0.3 is 24.7 Å². The third-order valence-electron chi connectivity index (χ3n) is 4.55. The monoisotopic (exact) mass is 529 g/mol. The fourth-order valence-corrected chi connectivity index (χ4v) is 4.51. The lowest BCUT2D eigenvalue weighted by atomic mass is 10.4. The number of ether oxygens (including phenoxy) is 4. The molecular formula is C20H29FN7O7P. The van der Waals surface area contributed by atoms with E-state index in [1.807, 2.05) is 0 Å². The van der Waals surface area contributed by atoms with E-state index in [1.165, 1.54) is 17.2 Å². The first kappa shape index (κ1) is 27.6. The van der Waals surface area contributed by atoms with Gasteiger partial charge in [0.15, 0.2) is 29.8 Å². The maximum absolute atomic E-state index is 14.7. The van der Waals surface area contributed by atoms with Crippen LogP contribution in [0.2, 0.25) is 0 Å². The third kappa shape index (κ3) is 7.27. The molecule has 1 aliphatic heterocycles. The molecule has 14 nitrogen and oxygen atoms in total. The molecule has 0 radical (unpaired) electrons. The normalized spacial score (nSPS) is 18.1. The topological polar surface area (TPSA) is 182 Å². The molecular weight excluding hydrogens is 500 g/mol. The van der Waals surface area contributed by atoms with E-state index in [1.54, 1.807) is 27.7 Å². The molecule has 3 heterocycles. The van der Waals surface area contributed by atoms with Crippen LogP contribution in [0.4, 0.5) is 10.2 Å². The molecule has 16 heteroatoms. The van der Waals surface area contributed by atoms with Crippen molar-refractivity contribution in [2.45, 2.75) is 52.4 Å². The zero-order chi connectivity index (χ0) is 26.5. The molecule has 0 saturated carbocycles. The lowest BCUT2D eigenvalue weighted by Gasteiger charge is -2.23. The molecule has 0 amide bonds. The van der Waals surface area contributed by atoms with Crippen molar-refractivity contribution in [3.05, 3.63) is 24.6 Å². The highest BCUT2D eigenvalue weighted by Crippen LogP contribution is 2.38. The molecule has 198 valence electrons. The number of nitrogen functional groups attached to an aromatic ring is 1. The number of carbonyl (C=O) groups excluding carboxylic acids is 2. The summed E-state index contributed by atoms with van der Waals surface area (Å²) < 4.78 is 50.5. The summed E-state index contributed by atoms with van der Waals surface area (Å²) in [6.45, 7) is 5.81. The number of halogens is 1. The van der Waals surface area contributed by atoms with Crippen molar-refractivity contribution in [1.82, 2.24) is 29.7 Å². The van der Waals surface area contributed by atoms with Crippen LogP contribution in [0.5, 0.6) is 0 Å². The molecule has 2 aromatic heterocycles. The van der Waals surface area contributed by atoms with Crippen molar-refractivity contribution in [3.63, 3.8) is 0 Å². The number of anilines is 1. The summed E-state index contributed by atoms with van der Waals surface area (Å²) in [6.07, 6.45) is -0.247. The fourth-order valence-electron chi connectivity index (χ4n) is 3.09. The molecule has 0 aromatic carbocycles. The minimum absolute atomic E-state index is 0.124. The molecule has 0 fully saturated rings. The van der Waals surface area contributed by atoms with Crippen LogP contribution >= 0.6 is 7.44 Å². The lowest BCUT2D eigenvalue weighted by molar-refractivity contribution is -0.146. The Bertz CT molecular complexity index is 1140. The van der Waals surface area contributed by atoms with E-state index in [0.717, 1.165) is 6.08 Å². The highest BCUT2D eigenvalue weighted by Gasteiger charge is 2.34. The van der Waals surface area contributed by atoms with E-state index in [4.69, 9.17) is 24.7 Å². The lowest BCUT2D eigenvalue weighted by Crippen LogP contribution is -2.35. The molecule has 3 rings (SSSR count). The fraction of sp³-hybridized carbons (Fsp3) is 0.550. The highest BCUT2D eigenvalue weighted by molar-refractivity contribution is 7.59. The first-order valence-electron chi connectivity index (χ1n) is 11.0. The zero-order valence-corrected chi connectivity index (χ0v) is 21.1. The number of hydrogen-bond donors (Lipinski definition) is 3. The van der Waals surface area contributed by atoms with Crippen LogP contribution in [0, 0.1) is 0 Å². The van der Waals surface area contributed by atoms with Crippen molar-refractivity contribution in [2.75, 3.05) is 25.2 Å². The summed E-state index contributed by atoms with van der Waals surface area (Å²) in [6, 6.07) is 0. The number of aromatic nitrogens is 4. The maximum atomic E-state index is 14.7. The van der Waals surface area contributed by atoms with Gasteiger partial charge in [-0.2, -0.15) is 0 Å². The summed E-state index contributed by atoms with van der Waals surface area (Å²) in [7, 11) is -3.72. The minimum Gasteiger partial charge on any atom is -0.462 e. The van der Waals surface area contributed by atoms with Gasteiger partial charge in [-0.05, 0) is 27.7 Å². The Morgan fingerprint density at radius 1 is 1.14 bits per heavy atom. The first-order valence-corrected chi connectivity index (χ1v) is 12.9. The van der Waals surface area contributed by atoms with E-state index in [0.29, 0.717) is 0 Å². The Morgan fingerprint density at radius 3 is 2.33 bits per heavy atom. The van der Waals surface area contributed by atoms with Gasteiger partial charge in [0.25, 0.3) is 0 Å². The van der Waals surface area contributed by atoms with Gasteiger partial charge in [0.1, 0.15) is 31.3 Å². The van der Waals surface area contributed by atoms with Crippen molar-refractivity contribution in [3.8, 4) is 0 Å². The van der Waals surface area contributed by atoms with Crippen molar-refractivity contribution in [1.29, 1.82) is 0 Å². The van der Waals surface area contributed by atoms with E-state index >= 15 is 0 Å². The molecule has 2 atom stereocenters. The number of nitrogens with two attached hydrogens (primary N) is 1. The van der Waals surface area contributed by atoms with Gasteiger partial charge in [0.2, 0.25) is 7.44 Å². The Hall–Kier alpha value is -2.97. The van der Waals surface area contributed by atoms with Crippen molar-refractivity contribution in [2.24, 2.45) is 0 Å². The van der Waals surface area contributed by atoms with Crippen LogP contribution in [0.15, 0.2) is 24.6 Å². The second-order valence-electron chi connectivity index (χ2n) is 8.27. The SMILES string of the molecule is CC(C)OC(=O)CNP(=O)(CO[C@@H]1C=C(F)[C@H](n2cnc3c(N)ncnc32)O1)NCC(=O)OC(C)C. The van der Waals surface area contributed by atoms with Crippen LogP contribution in [0.25, 0.3) is 11.2 Å². The molecule has 2 aromatic rings. The molecule has 0 aliphatic carbocycles. The van der Waals surface area contributed by atoms with Gasteiger partial charge in [-0.3, -0.25) is 18.7 Å². The van der Waals surface area contributed by atoms with E-state index in [9.17, 15) is 18.5 Å². The quantitative estimate of drug-likeness (QED) is 0.265. The molecule has 0 spiro atoms. The summed E-state index contributed by atoms with van der Waals surface area (Å²) in [5.74, 6) is -1.89. The Kier molecular flexibility index (Phi) is 9.08. The molecule has 0 saturated heterocycles. The Morgan fingerprint density at radius 2 is 1.75 bits per heavy atom. The van der Waals surface area contributed by atoms with Gasteiger partial charge in [0.05, 0.1) is 18.5 Å². The smallest absolute Gasteiger partial charge is 0.320 e. The Labute approximate surface area is 206 Å². The molecule has 36 heavy (non-hydrogen) atoms. The van der Waals surface area contributed by atoms with Crippen molar-refractivity contribution >= 4 is 36.4 Å². The van der Waals surface area contributed by atoms with Crippen molar-refractivity contribution < 1.29 is 37.5 Å². The number of nitrogens with one attached hydrogen (secondary N) is 2. The summed E-state index contributed by atoms with van der Waals surface area (Å²) in [5, 5.41) is 5.07. The van der Waals surface area contributed by atoms with Gasteiger partial charge in [-0.1, -0.05) is 0 Å². The number of rotatable bonds is 12. The summed E-state index contributed by atoms with van der Waals surface area (Å²) in [5.41, 5.74) is 6.29. The van der Waals surface area contributed by atoms with Crippen LogP contribution in [0.1, 0.15) is 33.9 Å². The van der Waals surface area contributed by atoms with Gasteiger partial charge in [-0.15, -0.1) is 0 Å². The average molecular weight is 529 g/mol. The largest absolute Gasteiger partial charge is 0.462 e. The number of esters is 2. The number of hydrogen-bond acceptors (Lipinski definition) is 11. The highest BCUT2D eigenvalue weighted by atomic mass is 31.2. The molecule has 0 unspecified atom stereocenters. The van der Waals surface area contributed by atoms with Crippen LogP contribution in [-0.4, -0.2) is 69.4 Å². The van der Waals surface area contributed by atoms with Crippen LogP contribution in [-0.2, 0) is 33.1 Å². The van der Waals surface area contributed by atoms with Gasteiger partial charge in [-0.25, -0.2) is 29.5 Å². The second kappa shape index (κ2) is 11.8. The number of nitrogens with zero attached hydrogens (tertiary/aromatic N) is 4. The molecule has 4 N–H and O–H groups in total. The van der Waals surface area contributed by atoms with Crippen LogP contribution in [0.3, 0.4) is 0 Å². The number of fused-ring (bicyclic) bond motifs is 1. The second-order valence-corrected chi connectivity index (χ2v) is 10.6. The number of imidazole rings is 1. The van der Waals surface area contributed by atoms with E-state index < -0.39 is 57.2 Å². The van der Waals surface area contributed by atoms with E-state index in [2.05, 4.69) is 25.1 Å². The van der Waals surface area contributed by atoms with Gasteiger partial charge in [0, 0.05) is 6.08 Å². The average Bonchev–Trinajstić information content (AvgIpc) is 3.38. The molecule has 1 aliphatic rings. The predicted molar refractivity (Wildman–Crippen MR) is 125 cm³/mol. The van der Waals surface area contributed by atoms with E-state index in [-0.39, 0.29) is 29.2 Å². The number of carbonyl (C=O) groups is 2. The Balaban J connectivity index is 1.65. The minimum atomic E-state index is -3.72. The predicted octanol–water partition coefficient (Wildman–Crippen LogP) is 1.37. The standard InChI is InChI=1S/C20H29FN7O7P/c1-11(2)33-14(29)6-26-36(31,27-7-15(30)34-12(3)4)10-32-16-5-13(21)20(35-16)28-9-25-17-18(22)23-8-24-19(17)28/h5,8-9,11-12,16,20H,6-7,10H2,1-4H3,(H2,22,23,24)(H2,26,27,31)/t16-,20+/m0/s1.